The molecule has 1 heteroatoms. The molecule has 0 amide bonds. The zero-order valence-electron chi connectivity index (χ0n) is 8.44. The van der Waals surface area contributed by atoms with E-state index in [1.54, 1.807) is 18.3 Å². The van der Waals surface area contributed by atoms with Crippen LogP contribution in [0.15, 0.2) is 23.0 Å². The standard InChI is InChI=1S/C12H18O/c1-13-12-8-7-11(9-12)10-5-3-2-4-6-10/h9H,2-8H2,1H3. The fraction of sp³-hybridized carbons (Fsp3) is 0.667. The number of rotatable bonds is 1. The van der Waals surface area contributed by atoms with Crippen LogP contribution in [0.1, 0.15) is 44.9 Å². The van der Waals surface area contributed by atoms with Gasteiger partial charge < -0.3 is 4.74 Å². The summed E-state index contributed by atoms with van der Waals surface area (Å²) in [6, 6.07) is 0. The summed E-state index contributed by atoms with van der Waals surface area (Å²) in [5, 5.41) is 0. The highest BCUT2D eigenvalue weighted by molar-refractivity contribution is 5.33. The van der Waals surface area contributed by atoms with Crippen LogP contribution in [0.5, 0.6) is 0 Å². The number of hydrogen-bond acceptors (Lipinski definition) is 1. The lowest BCUT2D eigenvalue weighted by Gasteiger charge is -2.15. The first-order valence-electron chi connectivity index (χ1n) is 5.35. The van der Waals surface area contributed by atoms with Gasteiger partial charge in [0.15, 0.2) is 0 Å². The minimum atomic E-state index is 1.12. The van der Waals surface area contributed by atoms with Crippen molar-refractivity contribution >= 4 is 0 Å². The van der Waals surface area contributed by atoms with E-state index in [1.807, 2.05) is 0 Å². The van der Waals surface area contributed by atoms with Gasteiger partial charge in [-0.3, -0.25) is 0 Å². The van der Waals surface area contributed by atoms with Crippen molar-refractivity contribution in [3.63, 3.8) is 0 Å². The maximum Gasteiger partial charge on any atom is 0.0961 e. The van der Waals surface area contributed by atoms with E-state index in [0.29, 0.717) is 0 Å². The normalized spacial score (nSPS) is 23.3. The van der Waals surface area contributed by atoms with Gasteiger partial charge in [0, 0.05) is 6.42 Å². The van der Waals surface area contributed by atoms with Gasteiger partial charge in [-0.05, 0) is 43.8 Å². The Kier molecular flexibility index (Phi) is 2.72. The lowest BCUT2D eigenvalue weighted by Crippen LogP contribution is -1.96. The third-order valence-corrected chi connectivity index (χ3v) is 3.15. The van der Waals surface area contributed by atoms with Crippen LogP contribution in [0.4, 0.5) is 0 Å². The van der Waals surface area contributed by atoms with Crippen molar-refractivity contribution in [2.45, 2.75) is 44.9 Å². The van der Waals surface area contributed by atoms with E-state index in [4.69, 9.17) is 4.74 Å². The molecule has 1 fully saturated rings. The quantitative estimate of drug-likeness (QED) is 0.596. The van der Waals surface area contributed by atoms with Crippen molar-refractivity contribution in [2.75, 3.05) is 7.11 Å². The van der Waals surface area contributed by atoms with Crippen LogP contribution in [0.25, 0.3) is 0 Å². The number of allylic oxidation sites excluding steroid dienone is 4. The second kappa shape index (κ2) is 3.99. The van der Waals surface area contributed by atoms with Crippen LogP contribution >= 0.6 is 0 Å². The minimum absolute atomic E-state index is 1.12. The Morgan fingerprint density at radius 2 is 1.77 bits per heavy atom. The zero-order chi connectivity index (χ0) is 9.10. The van der Waals surface area contributed by atoms with Crippen LogP contribution in [-0.4, -0.2) is 7.11 Å². The molecule has 2 rings (SSSR count). The number of ether oxygens (including phenoxy) is 1. The Morgan fingerprint density at radius 3 is 2.38 bits per heavy atom. The van der Waals surface area contributed by atoms with Crippen LogP contribution in [0.2, 0.25) is 0 Å². The summed E-state index contributed by atoms with van der Waals surface area (Å²) >= 11 is 0. The lowest BCUT2D eigenvalue weighted by atomic mass is 9.91. The fourth-order valence-corrected chi connectivity index (χ4v) is 2.34. The van der Waals surface area contributed by atoms with Crippen LogP contribution in [0.3, 0.4) is 0 Å². The average Bonchev–Trinajstić information content (AvgIpc) is 2.67. The molecule has 13 heavy (non-hydrogen) atoms. The van der Waals surface area contributed by atoms with E-state index in [2.05, 4.69) is 6.08 Å². The van der Waals surface area contributed by atoms with Crippen LogP contribution < -0.4 is 0 Å². The molecule has 1 saturated carbocycles. The topological polar surface area (TPSA) is 9.23 Å². The van der Waals surface area contributed by atoms with Gasteiger partial charge in [0.2, 0.25) is 0 Å². The first-order chi connectivity index (χ1) is 6.40. The monoisotopic (exact) mass is 178 g/mol. The van der Waals surface area contributed by atoms with Crippen molar-refractivity contribution < 1.29 is 4.74 Å². The van der Waals surface area contributed by atoms with Gasteiger partial charge in [-0.15, -0.1) is 0 Å². The highest BCUT2D eigenvalue weighted by Crippen LogP contribution is 2.33. The average molecular weight is 178 g/mol. The fourth-order valence-electron chi connectivity index (χ4n) is 2.34. The first kappa shape index (κ1) is 8.86. The molecule has 1 nitrogen and oxygen atoms in total. The van der Waals surface area contributed by atoms with E-state index < -0.39 is 0 Å². The number of hydrogen-bond donors (Lipinski definition) is 0. The zero-order valence-corrected chi connectivity index (χ0v) is 8.44. The molecule has 0 heterocycles. The highest BCUT2D eigenvalue weighted by atomic mass is 16.5. The second-order valence-electron chi connectivity index (χ2n) is 4.00. The summed E-state index contributed by atoms with van der Waals surface area (Å²) in [6.07, 6.45) is 11.5. The molecule has 0 spiro atoms. The Hall–Kier alpha value is -0.720. The van der Waals surface area contributed by atoms with Crippen LogP contribution in [-0.2, 0) is 4.74 Å². The molecule has 2 aliphatic carbocycles. The van der Waals surface area contributed by atoms with Gasteiger partial charge in [-0.1, -0.05) is 12.0 Å². The Balaban J connectivity index is 2.10. The van der Waals surface area contributed by atoms with Crippen molar-refractivity contribution in [3.8, 4) is 0 Å². The van der Waals surface area contributed by atoms with E-state index in [0.717, 1.165) is 6.42 Å². The molecule has 2 aliphatic rings. The van der Waals surface area contributed by atoms with Crippen molar-refractivity contribution in [3.05, 3.63) is 23.0 Å². The van der Waals surface area contributed by atoms with Crippen LogP contribution in [0, 0.1) is 0 Å². The molecule has 72 valence electrons. The maximum atomic E-state index is 5.26. The highest BCUT2D eigenvalue weighted by Gasteiger charge is 2.15. The van der Waals surface area contributed by atoms with Gasteiger partial charge in [-0.2, -0.15) is 0 Å². The molecule has 0 radical (unpaired) electrons. The molecular formula is C12H18O. The summed E-state index contributed by atoms with van der Waals surface area (Å²) in [5.41, 5.74) is 3.29. The molecule has 0 bridgehead atoms. The van der Waals surface area contributed by atoms with Gasteiger partial charge in [0.1, 0.15) is 0 Å². The van der Waals surface area contributed by atoms with E-state index in [-0.39, 0.29) is 0 Å². The molecule has 0 aliphatic heterocycles. The van der Waals surface area contributed by atoms with Crippen molar-refractivity contribution in [1.82, 2.24) is 0 Å². The van der Waals surface area contributed by atoms with Crippen molar-refractivity contribution in [2.24, 2.45) is 0 Å². The van der Waals surface area contributed by atoms with Gasteiger partial charge in [0.05, 0.1) is 12.9 Å². The third kappa shape index (κ3) is 1.96. The Bertz CT molecular complexity index is 240. The van der Waals surface area contributed by atoms with E-state index in [1.165, 1.54) is 44.3 Å². The van der Waals surface area contributed by atoms with Crippen molar-refractivity contribution in [1.29, 1.82) is 0 Å². The lowest BCUT2D eigenvalue weighted by molar-refractivity contribution is 0.283. The number of methoxy groups -OCH3 is 1. The smallest absolute Gasteiger partial charge is 0.0961 e. The van der Waals surface area contributed by atoms with E-state index >= 15 is 0 Å². The molecule has 0 aromatic heterocycles. The SMILES string of the molecule is COC1=CC(=C2CCCCC2)CC1. The summed E-state index contributed by atoms with van der Waals surface area (Å²) < 4.78 is 5.26. The predicted octanol–water partition coefficient (Wildman–Crippen LogP) is 3.57. The maximum absolute atomic E-state index is 5.26. The Labute approximate surface area is 80.5 Å². The first-order valence-corrected chi connectivity index (χ1v) is 5.35. The molecule has 0 saturated heterocycles. The molecule has 0 N–H and O–H groups in total. The summed E-state index contributed by atoms with van der Waals surface area (Å²) in [6.45, 7) is 0. The summed E-state index contributed by atoms with van der Waals surface area (Å²) in [5.74, 6) is 1.17. The van der Waals surface area contributed by atoms with Gasteiger partial charge in [-0.25, -0.2) is 0 Å². The summed E-state index contributed by atoms with van der Waals surface area (Å²) in [4.78, 5) is 0. The minimum Gasteiger partial charge on any atom is -0.501 e. The second-order valence-corrected chi connectivity index (χ2v) is 4.00. The molecule has 0 aromatic carbocycles. The molecule has 0 atom stereocenters. The summed E-state index contributed by atoms with van der Waals surface area (Å²) in [7, 11) is 1.78. The molecular weight excluding hydrogens is 160 g/mol. The largest absolute Gasteiger partial charge is 0.501 e. The molecule has 0 unspecified atom stereocenters. The third-order valence-electron chi connectivity index (χ3n) is 3.15. The van der Waals surface area contributed by atoms with Gasteiger partial charge in [0.25, 0.3) is 0 Å². The molecule has 0 aromatic rings. The predicted molar refractivity (Wildman–Crippen MR) is 54.4 cm³/mol. The van der Waals surface area contributed by atoms with Gasteiger partial charge >= 0.3 is 0 Å². The Morgan fingerprint density at radius 1 is 1.00 bits per heavy atom. The van der Waals surface area contributed by atoms with E-state index in [9.17, 15) is 0 Å².